The summed E-state index contributed by atoms with van der Waals surface area (Å²) in [5, 5.41) is 2.63. The number of rotatable bonds is 7. The molecule has 26 heavy (non-hydrogen) atoms. The predicted molar refractivity (Wildman–Crippen MR) is 110 cm³/mol. The Balaban J connectivity index is 2.12. The lowest BCUT2D eigenvalue weighted by Crippen LogP contribution is -2.47. The first-order valence-electron chi connectivity index (χ1n) is 8.35. The average Bonchev–Trinajstić information content (AvgIpc) is 2.64. The van der Waals surface area contributed by atoms with E-state index in [-0.39, 0.29) is 11.8 Å². The lowest BCUT2D eigenvalue weighted by Gasteiger charge is -2.28. The molecular weight excluding hydrogens is 412 g/mol. The smallest absolute Gasteiger partial charge is 0.242 e. The quantitative estimate of drug-likeness (QED) is 0.669. The summed E-state index contributed by atoms with van der Waals surface area (Å²) in [5.41, 5.74) is 2.16. The molecule has 0 radical (unpaired) electrons. The van der Waals surface area contributed by atoms with Crippen LogP contribution in [0, 0.1) is 6.92 Å². The second kappa shape index (κ2) is 9.78. The van der Waals surface area contributed by atoms with E-state index in [0.29, 0.717) is 12.3 Å². The molecule has 6 heteroatoms. The molecule has 0 aromatic heterocycles. The fraction of sp³-hybridized carbons (Fsp3) is 0.300. The third-order valence-electron chi connectivity index (χ3n) is 4.04. The van der Waals surface area contributed by atoms with E-state index in [4.69, 9.17) is 0 Å². The molecule has 0 saturated heterocycles. The third-order valence-corrected chi connectivity index (χ3v) is 5.53. The van der Waals surface area contributed by atoms with Crippen molar-refractivity contribution >= 4 is 39.5 Å². The van der Waals surface area contributed by atoms with E-state index in [1.54, 1.807) is 18.9 Å². The average molecular weight is 435 g/mol. The molecule has 2 amide bonds. The standard InChI is InChI=1S/C20H23BrN2O2S/c1-14-7-9-18(10-8-14)26-13-19(24)23(15(2)20(25)22-3)12-16-5-4-6-17(21)11-16/h4-11,15H,12-13H2,1-3H3,(H,22,25)/t15-/m0/s1. The number of aryl methyl sites for hydroxylation is 1. The summed E-state index contributed by atoms with van der Waals surface area (Å²) >= 11 is 4.93. The Hall–Kier alpha value is -1.79. The summed E-state index contributed by atoms with van der Waals surface area (Å²) in [4.78, 5) is 27.6. The summed E-state index contributed by atoms with van der Waals surface area (Å²) in [5.74, 6) is 0.0543. The number of hydrogen-bond donors (Lipinski definition) is 1. The van der Waals surface area contributed by atoms with E-state index < -0.39 is 6.04 Å². The van der Waals surface area contributed by atoms with Crippen LogP contribution in [0.3, 0.4) is 0 Å². The Morgan fingerprint density at radius 2 is 1.88 bits per heavy atom. The van der Waals surface area contributed by atoms with E-state index in [1.165, 1.54) is 17.3 Å². The summed E-state index contributed by atoms with van der Waals surface area (Å²) < 4.78 is 0.948. The van der Waals surface area contributed by atoms with Gasteiger partial charge >= 0.3 is 0 Å². The first-order valence-corrected chi connectivity index (χ1v) is 10.1. The van der Waals surface area contributed by atoms with Crippen molar-refractivity contribution in [1.82, 2.24) is 10.2 Å². The van der Waals surface area contributed by atoms with Gasteiger partial charge < -0.3 is 10.2 Å². The summed E-state index contributed by atoms with van der Waals surface area (Å²) in [7, 11) is 1.58. The van der Waals surface area contributed by atoms with Gasteiger partial charge in [-0.05, 0) is 43.7 Å². The third kappa shape index (κ3) is 5.88. The number of hydrogen-bond acceptors (Lipinski definition) is 3. The largest absolute Gasteiger partial charge is 0.357 e. The molecule has 0 aliphatic carbocycles. The van der Waals surface area contributed by atoms with Crippen LogP contribution < -0.4 is 5.32 Å². The zero-order valence-electron chi connectivity index (χ0n) is 15.2. The van der Waals surface area contributed by atoms with E-state index in [1.807, 2.05) is 55.5 Å². The summed E-state index contributed by atoms with van der Waals surface area (Å²) in [6.07, 6.45) is 0. The van der Waals surface area contributed by atoms with Gasteiger partial charge in [0.1, 0.15) is 6.04 Å². The Kier molecular flexibility index (Phi) is 7.72. The van der Waals surface area contributed by atoms with Gasteiger partial charge in [-0.1, -0.05) is 45.8 Å². The minimum absolute atomic E-state index is 0.0633. The maximum Gasteiger partial charge on any atom is 0.242 e. The SMILES string of the molecule is CNC(=O)[C@H](C)N(Cc1cccc(Br)c1)C(=O)CSc1ccc(C)cc1. The van der Waals surface area contributed by atoms with Crippen LogP contribution in [0.4, 0.5) is 0 Å². The van der Waals surface area contributed by atoms with Gasteiger partial charge in [-0.2, -0.15) is 0 Å². The second-order valence-electron chi connectivity index (χ2n) is 6.04. The van der Waals surface area contributed by atoms with Crippen LogP contribution >= 0.6 is 27.7 Å². The van der Waals surface area contributed by atoms with Crippen LogP contribution in [-0.4, -0.2) is 35.6 Å². The van der Waals surface area contributed by atoms with Crippen molar-refractivity contribution in [3.8, 4) is 0 Å². The lowest BCUT2D eigenvalue weighted by molar-refractivity contribution is -0.138. The molecule has 2 aromatic rings. The number of halogens is 1. The number of carbonyl (C=O) groups is 2. The van der Waals surface area contributed by atoms with Crippen LogP contribution in [0.15, 0.2) is 57.9 Å². The molecule has 0 heterocycles. The Bertz CT molecular complexity index is 765. The highest BCUT2D eigenvalue weighted by atomic mass is 79.9. The molecule has 0 aliphatic rings. The number of carbonyl (C=O) groups excluding carboxylic acids is 2. The highest BCUT2D eigenvalue weighted by Gasteiger charge is 2.25. The van der Waals surface area contributed by atoms with Gasteiger partial charge in [0, 0.05) is 23.0 Å². The van der Waals surface area contributed by atoms with Gasteiger partial charge in [0.05, 0.1) is 5.75 Å². The Labute approximate surface area is 167 Å². The maximum absolute atomic E-state index is 12.8. The van der Waals surface area contributed by atoms with Crippen molar-refractivity contribution in [2.75, 3.05) is 12.8 Å². The molecule has 1 atom stereocenters. The molecule has 0 unspecified atom stereocenters. The van der Waals surface area contributed by atoms with Crippen molar-refractivity contribution in [3.63, 3.8) is 0 Å². The van der Waals surface area contributed by atoms with Crippen molar-refractivity contribution in [3.05, 3.63) is 64.1 Å². The first kappa shape index (κ1) is 20.5. The van der Waals surface area contributed by atoms with Crippen LogP contribution in [0.1, 0.15) is 18.1 Å². The molecule has 1 N–H and O–H groups in total. The van der Waals surface area contributed by atoms with Crippen LogP contribution in [-0.2, 0) is 16.1 Å². The molecule has 138 valence electrons. The van der Waals surface area contributed by atoms with Gasteiger partial charge in [-0.15, -0.1) is 11.8 Å². The van der Waals surface area contributed by atoms with Crippen molar-refractivity contribution in [1.29, 1.82) is 0 Å². The molecule has 2 aromatic carbocycles. The number of likely N-dealkylation sites (N-methyl/N-ethyl adjacent to an activating group) is 1. The van der Waals surface area contributed by atoms with E-state index in [0.717, 1.165) is 14.9 Å². The first-order chi connectivity index (χ1) is 12.4. The van der Waals surface area contributed by atoms with E-state index in [2.05, 4.69) is 21.2 Å². The van der Waals surface area contributed by atoms with Gasteiger partial charge in [-0.25, -0.2) is 0 Å². The molecule has 0 fully saturated rings. The molecule has 0 saturated carbocycles. The normalized spacial score (nSPS) is 11.7. The van der Waals surface area contributed by atoms with Crippen molar-refractivity contribution < 1.29 is 9.59 Å². The highest BCUT2D eigenvalue weighted by Crippen LogP contribution is 2.21. The van der Waals surface area contributed by atoms with Crippen molar-refractivity contribution in [2.45, 2.75) is 31.3 Å². The molecule has 0 aliphatic heterocycles. The molecule has 0 bridgehead atoms. The molecule has 0 spiro atoms. The minimum atomic E-state index is -0.537. The van der Waals surface area contributed by atoms with Gasteiger partial charge in [0.2, 0.25) is 11.8 Å². The van der Waals surface area contributed by atoms with Gasteiger partial charge in [0.15, 0.2) is 0 Å². The zero-order valence-corrected chi connectivity index (χ0v) is 17.6. The fourth-order valence-electron chi connectivity index (χ4n) is 2.49. The molecule has 4 nitrogen and oxygen atoms in total. The topological polar surface area (TPSA) is 49.4 Å². The number of amides is 2. The Morgan fingerprint density at radius 3 is 2.50 bits per heavy atom. The lowest BCUT2D eigenvalue weighted by atomic mass is 10.1. The highest BCUT2D eigenvalue weighted by molar-refractivity contribution is 9.10. The number of thioether (sulfide) groups is 1. The monoisotopic (exact) mass is 434 g/mol. The van der Waals surface area contributed by atoms with Gasteiger partial charge in [-0.3, -0.25) is 9.59 Å². The predicted octanol–water partition coefficient (Wildman–Crippen LogP) is 4.01. The van der Waals surface area contributed by atoms with E-state index >= 15 is 0 Å². The van der Waals surface area contributed by atoms with Crippen LogP contribution in [0.25, 0.3) is 0 Å². The maximum atomic E-state index is 12.8. The zero-order chi connectivity index (χ0) is 19.1. The summed E-state index contributed by atoms with van der Waals surface area (Å²) in [6.45, 7) is 4.18. The molecular formula is C20H23BrN2O2S. The second-order valence-corrected chi connectivity index (χ2v) is 8.01. The summed E-state index contributed by atoms with van der Waals surface area (Å²) in [6, 6.07) is 15.3. The van der Waals surface area contributed by atoms with Crippen LogP contribution in [0.2, 0.25) is 0 Å². The minimum Gasteiger partial charge on any atom is -0.357 e. The number of nitrogens with one attached hydrogen (secondary N) is 1. The van der Waals surface area contributed by atoms with Gasteiger partial charge in [0.25, 0.3) is 0 Å². The number of benzene rings is 2. The van der Waals surface area contributed by atoms with Crippen LogP contribution in [0.5, 0.6) is 0 Å². The fourth-order valence-corrected chi connectivity index (χ4v) is 3.72. The number of nitrogens with zero attached hydrogens (tertiary/aromatic N) is 1. The van der Waals surface area contributed by atoms with Crippen molar-refractivity contribution in [2.24, 2.45) is 0 Å². The van der Waals surface area contributed by atoms with E-state index in [9.17, 15) is 9.59 Å². The Morgan fingerprint density at radius 1 is 1.19 bits per heavy atom. The molecule has 2 rings (SSSR count).